The molecule has 0 bridgehead atoms. The fourth-order valence-electron chi connectivity index (χ4n) is 1.33. The topological polar surface area (TPSA) is 87.4 Å². The zero-order chi connectivity index (χ0) is 12.0. The minimum Gasteiger partial charge on any atom is -0.481 e. The Hall–Kier alpha value is -1.40. The smallest absolute Gasteiger partial charge is 0.306 e. The van der Waals surface area contributed by atoms with E-state index in [4.69, 9.17) is 5.11 Å². The zero-order valence-corrected chi connectivity index (χ0v) is 9.26. The fourth-order valence-corrected chi connectivity index (χ4v) is 1.33. The van der Waals surface area contributed by atoms with Crippen LogP contribution in [0.3, 0.4) is 0 Å². The van der Waals surface area contributed by atoms with Crippen molar-refractivity contribution in [3.63, 3.8) is 0 Å². The summed E-state index contributed by atoms with van der Waals surface area (Å²) in [6.07, 6.45) is 2.64. The van der Waals surface area contributed by atoms with E-state index < -0.39 is 12.1 Å². The van der Waals surface area contributed by atoms with Gasteiger partial charge in [0, 0.05) is 19.3 Å². The molecule has 0 aliphatic rings. The van der Waals surface area contributed by atoms with Crippen LogP contribution in [0.15, 0.2) is 12.4 Å². The summed E-state index contributed by atoms with van der Waals surface area (Å²) in [5.41, 5.74) is 1.10. The van der Waals surface area contributed by atoms with E-state index in [1.807, 2.05) is 13.1 Å². The molecule has 3 N–H and O–H groups in total. The first-order valence-electron chi connectivity index (χ1n) is 5.17. The summed E-state index contributed by atoms with van der Waals surface area (Å²) in [6.45, 7) is 3.60. The number of carbonyl (C=O) groups is 1. The molecule has 0 aliphatic heterocycles. The van der Waals surface area contributed by atoms with Crippen LogP contribution in [-0.2, 0) is 11.3 Å². The van der Waals surface area contributed by atoms with Crippen molar-refractivity contribution in [3.05, 3.63) is 18.0 Å². The van der Waals surface area contributed by atoms with E-state index in [1.54, 1.807) is 10.9 Å². The monoisotopic (exact) mass is 227 g/mol. The van der Waals surface area contributed by atoms with Gasteiger partial charge in [0.15, 0.2) is 0 Å². The lowest BCUT2D eigenvalue weighted by atomic mass is 10.2. The Morgan fingerprint density at radius 1 is 1.69 bits per heavy atom. The molecule has 6 nitrogen and oxygen atoms in total. The van der Waals surface area contributed by atoms with Crippen molar-refractivity contribution in [1.82, 2.24) is 15.1 Å². The van der Waals surface area contributed by atoms with Crippen LogP contribution >= 0.6 is 0 Å². The second kappa shape index (κ2) is 6.24. The number of carboxylic acid groups (broad SMARTS) is 1. The molecule has 90 valence electrons. The normalized spacial score (nSPS) is 12.6. The minimum absolute atomic E-state index is 0.228. The van der Waals surface area contributed by atoms with E-state index in [1.165, 1.54) is 0 Å². The number of aliphatic carboxylic acids is 1. The number of nitrogens with one attached hydrogen (secondary N) is 1. The third-order valence-electron chi connectivity index (χ3n) is 2.07. The molecule has 1 unspecified atom stereocenters. The summed E-state index contributed by atoms with van der Waals surface area (Å²) < 4.78 is 1.80. The molecule has 0 aliphatic carbocycles. The van der Waals surface area contributed by atoms with Gasteiger partial charge < -0.3 is 15.5 Å². The Kier molecular flexibility index (Phi) is 4.94. The van der Waals surface area contributed by atoms with Crippen LogP contribution in [0, 0.1) is 6.92 Å². The third kappa shape index (κ3) is 4.90. The summed E-state index contributed by atoms with van der Waals surface area (Å²) in [4.78, 5) is 10.3. The molecular formula is C10H17N3O3. The predicted molar refractivity (Wildman–Crippen MR) is 58.1 cm³/mol. The average Bonchev–Trinajstić information content (AvgIpc) is 2.58. The molecule has 1 atom stereocenters. The van der Waals surface area contributed by atoms with Crippen molar-refractivity contribution in [2.24, 2.45) is 0 Å². The van der Waals surface area contributed by atoms with Gasteiger partial charge in [-0.15, -0.1) is 0 Å². The summed E-state index contributed by atoms with van der Waals surface area (Å²) >= 11 is 0. The second-order valence-electron chi connectivity index (χ2n) is 3.74. The Balaban J connectivity index is 2.10. The summed E-state index contributed by atoms with van der Waals surface area (Å²) in [5, 5.41) is 24.7. The van der Waals surface area contributed by atoms with Gasteiger partial charge in [-0.1, -0.05) is 0 Å². The van der Waals surface area contributed by atoms with Crippen molar-refractivity contribution in [1.29, 1.82) is 0 Å². The number of hydrogen-bond acceptors (Lipinski definition) is 4. The number of hydrogen-bond donors (Lipinski definition) is 3. The molecule has 0 spiro atoms. The summed E-state index contributed by atoms with van der Waals surface area (Å²) in [5.74, 6) is -0.989. The van der Waals surface area contributed by atoms with E-state index >= 15 is 0 Å². The van der Waals surface area contributed by atoms with Crippen LogP contribution in [0.2, 0.25) is 0 Å². The van der Waals surface area contributed by atoms with E-state index in [0.29, 0.717) is 13.1 Å². The first kappa shape index (κ1) is 12.7. The lowest BCUT2D eigenvalue weighted by Crippen LogP contribution is -2.31. The Bertz CT molecular complexity index is 338. The molecule has 0 fully saturated rings. The highest BCUT2D eigenvalue weighted by Gasteiger charge is 2.08. The maximum atomic E-state index is 10.3. The first-order valence-corrected chi connectivity index (χ1v) is 5.17. The third-order valence-corrected chi connectivity index (χ3v) is 2.07. The second-order valence-corrected chi connectivity index (χ2v) is 3.74. The van der Waals surface area contributed by atoms with Crippen molar-refractivity contribution < 1.29 is 15.0 Å². The van der Waals surface area contributed by atoms with Gasteiger partial charge in [0.25, 0.3) is 0 Å². The Morgan fingerprint density at radius 3 is 3.00 bits per heavy atom. The fraction of sp³-hybridized carbons (Fsp3) is 0.600. The highest BCUT2D eigenvalue weighted by Crippen LogP contribution is 1.93. The number of rotatable bonds is 7. The molecule has 0 aromatic carbocycles. The largest absolute Gasteiger partial charge is 0.481 e. The van der Waals surface area contributed by atoms with Crippen molar-refractivity contribution >= 4 is 5.97 Å². The average molecular weight is 227 g/mol. The molecule has 6 heteroatoms. The molecule has 0 saturated carbocycles. The van der Waals surface area contributed by atoms with Crippen LogP contribution in [0.5, 0.6) is 0 Å². The molecular weight excluding hydrogens is 210 g/mol. The van der Waals surface area contributed by atoms with Crippen LogP contribution in [0.4, 0.5) is 0 Å². The SMILES string of the molecule is Cc1cnn(CCNCC(O)CC(=O)O)c1. The van der Waals surface area contributed by atoms with Crippen molar-refractivity contribution in [2.75, 3.05) is 13.1 Å². The molecule has 1 aromatic rings. The number of aromatic nitrogens is 2. The van der Waals surface area contributed by atoms with E-state index in [0.717, 1.165) is 5.56 Å². The maximum absolute atomic E-state index is 10.3. The van der Waals surface area contributed by atoms with Crippen LogP contribution < -0.4 is 5.32 Å². The van der Waals surface area contributed by atoms with Crippen molar-refractivity contribution in [2.45, 2.75) is 26.0 Å². The minimum atomic E-state index is -0.989. The van der Waals surface area contributed by atoms with Gasteiger partial charge in [-0.25, -0.2) is 0 Å². The molecule has 0 radical (unpaired) electrons. The van der Waals surface area contributed by atoms with Gasteiger partial charge in [0.2, 0.25) is 0 Å². The van der Waals surface area contributed by atoms with Crippen molar-refractivity contribution in [3.8, 4) is 0 Å². The van der Waals surface area contributed by atoms with Crippen LogP contribution in [0.1, 0.15) is 12.0 Å². The summed E-state index contributed by atoms with van der Waals surface area (Å²) in [6, 6.07) is 0. The van der Waals surface area contributed by atoms with Crippen LogP contribution in [0.25, 0.3) is 0 Å². The van der Waals surface area contributed by atoms with E-state index in [-0.39, 0.29) is 13.0 Å². The van der Waals surface area contributed by atoms with Crippen LogP contribution in [-0.4, -0.2) is 45.2 Å². The quantitative estimate of drug-likeness (QED) is 0.552. The Labute approximate surface area is 93.9 Å². The highest BCUT2D eigenvalue weighted by molar-refractivity contribution is 5.67. The molecule has 0 amide bonds. The number of carboxylic acids is 1. The van der Waals surface area contributed by atoms with Gasteiger partial charge in [-0.3, -0.25) is 9.48 Å². The number of nitrogens with zero attached hydrogens (tertiary/aromatic N) is 2. The lowest BCUT2D eigenvalue weighted by molar-refractivity contribution is -0.139. The summed E-state index contributed by atoms with van der Waals surface area (Å²) in [7, 11) is 0. The van der Waals surface area contributed by atoms with Gasteiger partial charge in [0.1, 0.15) is 0 Å². The van der Waals surface area contributed by atoms with E-state index in [9.17, 15) is 9.90 Å². The predicted octanol–water partition coefficient (Wildman–Crippen LogP) is -0.383. The Morgan fingerprint density at radius 2 is 2.44 bits per heavy atom. The number of aryl methyl sites for hydroxylation is 1. The molecule has 16 heavy (non-hydrogen) atoms. The number of aliphatic hydroxyl groups is 1. The zero-order valence-electron chi connectivity index (χ0n) is 9.26. The highest BCUT2D eigenvalue weighted by atomic mass is 16.4. The molecule has 0 saturated heterocycles. The van der Waals surface area contributed by atoms with Gasteiger partial charge in [-0.05, 0) is 12.5 Å². The van der Waals surface area contributed by atoms with Gasteiger partial charge >= 0.3 is 5.97 Å². The maximum Gasteiger partial charge on any atom is 0.306 e. The molecule has 1 aromatic heterocycles. The molecule has 1 heterocycles. The standard InChI is InChI=1S/C10H17N3O3/c1-8-5-12-13(7-8)3-2-11-6-9(14)4-10(15)16/h5,7,9,11,14H,2-4,6H2,1H3,(H,15,16). The lowest BCUT2D eigenvalue weighted by Gasteiger charge is -2.09. The first-order chi connectivity index (χ1) is 7.58. The van der Waals surface area contributed by atoms with Gasteiger partial charge in [0.05, 0.1) is 25.3 Å². The molecule has 1 rings (SSSR count). The van der Waals surface area contributed by atoms with E-state index in [2.05, 4.69) is 10.4 Å². The number of aliphatic hydroxyl groups excluding tert-OH is 1. The van der Waals surface area contributed by atoms with Gasteiger partial charge in [-0.2, -0.15) is 5.10 Å².